The van der Waals surface area contributed by atoms with Crippen LogP contribution in [0.4, 0.5) is 34.1 Å². The predicted octanol–water partition coefficient (Wildman–Crippen LogP) is 12.0. The first-order valence-corrected chi connectivity index (χ1v) is 25.6. The molecule has 4 N–H and O–H groups in total. The molecule has 0 atom stereocenters. The second-order valence-corrected chi connectivity index (χ2v) is 19.4. The zero-order chi connectivity index (χ0) is 53.5. The molecule has 0 heterocycles. The van der Waals surface area contributed by atoms with E-state index in [0.29, 0.717) is 68.4 Å². The van der Waals surface area contributed by atoms with E-state index in [1.807, 2.05) is 0 Å². The minimum absolute atomic E-state index is 0. The Bertz CT molecular complexity index is 3530. The second-order valence-electron chi connectivity index (χ2n) is 15.9. The Hall–Kier alpha value is -6.41. The number of carbonyl (C=O) groups excluding carboxylic acids is 2. The van der Waals surface area contributed by atoms with Crippen LogP contribution in [0, 0.1) is 0 Å². The van der Waals surface area contributed by atoms with Crippen molar-refractivity contribution in [1.82, 2.24) is 0 Å². The van der Waals surface area contributed by atoms with Crippen molar-refractivity contribution in [3.05, 3.63) is 166 Å². The number of amides is 2. The van der Waals surface area contributed by atoms with Crippen molar-refractivity contribution in [1.29, 1.82) is 0 Å². The zero-order valence-corrected chi connectivity index (χ0v) is 47.7. The Morgan fingerprint density at radius 1 is 0.600 bits per heavy atom. The van der Waals surface area contributed by atoms with Gasteiger partial charge in [-0.05, 0) is 120 Å². The standard InChI is InChI=1S/2C26H22ClN3O6S.Ba/c2*1-3-15-13-23(37(33,34)35)21(27)14-22(15)29-30-24-19-7-5-4-6-16(19)12-20(25(24)31)26(32)28-17-8-10-18(36-2)11-9-17;/h2*4-14,31H,3H2,1-2H3,(H,28,32)(H,33,34,35);/q;;+2/p-2. The monoisotopic (exact) mass is 1210 g/mol. The molecule has 0 radical (unpaired) electrons. The van der Waals surface area contributed by atoms with Crippen molar-refractivity contribution in [2.75, 3.05) is 24.9 Å². The summed E-state index contributed by atoms with van der Waals surface area (Å²) in [5.74, 6) is -0.961. The third kappa shape index (κ3) is 13.7. The van der Waals surface area contributed by atoms with E-state index in [4.69, 9.17) is 32.7 Å². The van der Waals surface area contributed by atoms with Crippen LogP contribution >= 0.6 is 23.2 Å². The molecule has 8 aromatic rings. The van der Waals surface area contributed by atoms with Crippen LogP contribution in [0.15, 0.2) is 164 Å². The number of benzene rings is 8. The quantitative estimate of drug-likeness (QED) is 0.0449. The van der Waals surface area contributed by atoms with Crippen molar-refractivity contribution in [3.63, 3.8) is 0 Å². The maximum atomic E-state index is 13.4. The summed E-state index contributed by atoms with van der Waals surface area (Å²) >= 11 is 12.1. The van der Waals surface area contributed by atoms with Crippen molar-refractivity contribution in [2.24, 2.45) is 20.5 Å². The van der Waals surface area contributed by atoms with E-state index in [-0.39, 0.29) is 98.6 Å². The van der Waals surface area contributed by atoms with Gasteiger partial charge in [0.25, 0.3) is 21.9 Å². The number of nitrogens with zero attached hydrogens (tertiary/aromatic N) is 4. The van der Waals surface area contributed by atoms with Crippen LogP contribution in [0.25, 0.3) is 21.5 Å². The molecule has 75 heavy (non-hydrogen) atoms. The first kappa shape index (κ1) is 57.9. The van der Waals surface area contributed by atoms with Gasteiger partial charge in [-0.15, -0.1) is 5.11 Å². The average Bonchev–Trinajstić information content (AvgIpc) is 3.37. The molecule has 0 spiro atoms. The molecule has 0 saturated heterocycles. The van der Waals surface area contributed by atoms with Crippen molar-refractivity contribution < 1.29 is 55.2 Å². The van der Waals surface area contributed by atoms with E-state index < -0.39 is 47.6 Å². The van der Waals surface area contributed by atoms with Crippen LogP contribution in [0.1, 0.15) is 45.7 Å². The van der Waals surface area contributed by atoms with Gasteiger partial charge in [-0.1, -0.05) is 91.3 Å². The summed E-state index contributed by atoms with van der Waals surface area (Å²) < 4.78 is 77.3. The normalized spacial score (nSPS) is 11.5. The molecule has 8 aromatic carbocycles. The fraction of sp³-hybridized carbons (Fsp3) is 0.115. The summed E-state index contributed by atoms with van der Waals surface area (Å²) in [5.41, 5.74) is 2.09. The van der Waals surface area contributed by atoms with Crippen LogP contribution in [0.5, 0.6) is 23.0 Å². The Morgan fingerprint density at radius 2 is 1.01 bits per heavy atom. The number of aryl methyl sites for hydroxylation is 2. The summed E-state index contributed by atoms with van der Waals surface area (Å²) in [6.07, 6.45) is 0.689. The fourth-order valence-electron chi connectivity index (χ4n) is 7.43. The number of phenols is 1. The predicted molar refractivity (Wildman–Crippen MR) is 284 cm³/mol. The molecule has 8 rings (SSSR count). The number of nitrogens with one attached hydrogen (secondary N) is 2. The van der Waals surface area contributed by atoms with Gasteiger partial charge in [-0.2, -0.15) is 23.8 Å². The molecule has 0 aliphatic carbocycles. The number of hydrogen-bond acceptors (Lipinski definition) is 15. The Kier molecular flexibility index (Phi) is 19.3. The van der Waals surface area contributed by atoms with Crippen molar-refractivity contribution in [2.45, 2.75) is 36.5 Å². The number of ether oxygens (including phenoxy) is 2. The number of phenolic OH excluding ortho intramolecular Hbond substituents is 1. The van der Waals surface area contributed by atoms with E-state index in [1.54, 1.807) is 117 Å². The molecule has 0 aromatic heterocycles. The van der Waals surface area contributed by atoms with Gasteiger partial charge in [0.1, 0.15) is 32.2 Å². The molecule has 2 amide bonds. The van der Waals surface area contributed by atoms with Crippen LogP contribution in [-0.2, 0) is 33.1 Å². The minimum atomic E-state index is -4.79. The van der Waals surface area contributed by atoms with Gasteiger partial charge in [0.05, 0.1) is 51.8 Å². The molecular formula is C52H42BaCl2N6O12S2. The Balaban J connectivity index is 0.000000241. The third-order valence-corrected chi connectivity index (χ3v) is 13.9. The topological polar surface area (TPSA) is 281 Å². The van der Waals surface area contributed by atoms with Crippen LogP contribution in [0.3, 0.4) is 0 Å². The van der Waals surface area contributed by atoms with Gasteiger partial charge in [0.15, 0.2) is 5.75 Å². The first-order valence-electron chi connectivity index (χ1n) is 22.0. The number of aromatic hydroxyl groups is 1. The van der Waals surface area contributed by atoms with Gasteiger partial charge in [-0.3, -0.25) is 14.1 Å². The van der Waals surface area contributed by atoms with Crippen molar-refractivity contribution >= 4 is 160 Å². The van der Waals surface area contributed by atoms with E-state index in [1.165, 1.54) is 38.5 Å². The molecule has 23 heteroatoms. The van der Waals surface area contributed by atoms with E-state index in [0.717, 1.165) is 6.07 Å². The van der Waals surface area contributed by atoms with E-state index >= 15 is 0 Å². The largest absolute Gasteiger partial charge is 2.00 e. The minimum Gasteiger partial charge on any atom is -0.870 e. The molecule has 0 aliphatic heterocycles. The van der Waals surface area contributed by atoms with Crippen molar-refractivity contribution in [3.8, 4) is 23.0 Å². The molecule has 0 unspecified atom stereocenters. The van der Waals surface area contributed by atoms with Crippen LogP contribution < -0.4 is 25.2 Å². The van der Waals surface area contributed by atoms with Gasteiger partial charge in [0.2, 0.25) is 0 Å². The zero-order valence-electron chi connectivity index (χ0n) is 40.2. The summed E-state index contributed by atoms with van der Waals surface area (Å²) in [7, 11) is -6.25. The number of halogens is 2. The number of azo groups is 2. The van der Waals surface area contributed by atoms with E-state index in [2.05, 4.69) is 31.1 Å². The van der Waals surface area contributed by atoms with E-state index in [9.17, 15) is 45.7 Å². The number of rotatable bonds is 14. The first-order chi connectivity index (χ1) is 35.2. The van der Waals surface area contributed by atoms with Gasteiger partial charge < -0.3 is 34.9 Å². The molecule has 0 aliphatic rings. The second kappa shape index (κ2) is 25.0. The number of hydrogen-bond donors (Lipinski definition) is 4. The molecule has 0 bridgehead atoms. The summed E-state index contributed by atoms with van der Waals surface area (Å²) in [6.45, 7) is 3.51. The van der Waals surface area contributed by atoms with Gasteiger partial charge in [0, 0.05) is 27.7 Å². The molecule has 380 valence electrons. The smallest absolute Gasteiger partial charge is 0.870 e. The molecule has 0 saturated carbocycles. The van der Waals surface area contributed by atoms with Crippen LogP contribution in [-0.4, -0.2) is 106 Å². The van der Waals surface area contributed by atoms with Gasteiger partial charge in [-0.25, -0.2) is 8.42 Å². The summed E-state index contributed by atoms with van der Waals surface area (Å²) in [4.78, 5) is 25.1. The summed E-state index contributed by atoms with van der Waals surface area (Å²) in [6, 6.07) is 35.2. The number of carbonyl (C=O) groups is 2. The molecular weight excluding hydrogens is 1170 g/mol. The fourth-order valence-corrected chi connectivity index (χ4v) is 9.51. The SMILES string of the molecule is CCc1cc(S(=O)(=O)O)c(Cl)cc1N=Nc1c(O)c(C(=O)Nc2ccc(OC)cc2)cc2ccccc12.CCc1cc(S(=O)(=O)[O-])c(Cl)cc1N=Nc1c([O-])c(C(=O)Nc2ccc(OC)cc2)cc2ccccc12.[Ba+2]. The third-order valence-electron chi connectivity index (χ3n) is 11.2. The number of methoxy groups -OCH3 is 2. The maximum Gasteiger partial charge on any atom is 2.00 e. The number of anilines is 2. The summed E-state index contributed by atoms with van der Waals surface area (Å²) in [5, 5.41) is 48.3. The maximum absolute atomic E-state index is 13.4. The van der Waals surface area contributed by atoms with Crippen LogP contribution in [0.2, 0.25) is 10.0 Å². The molecule has 0 fully saturated rings. The number of fused-ring (bicyclic) bond motifs is 2. The Morgan fingerprint density at radius 3 is 1.47 bits per heavy atom. The average molecular weight is 1220 g/mol. The van der Waals surface area contributed by atoms with Gasteiger partial charge >= 0.3 is 48.9 Å². The molecule has 18 nitrogen and oxygen atoms in total. The Labute approximate surface area is 481 Å².